The summed E-state index contributed by atoms with van der Waals surface area (Å²) in [6.07, 6.45) is 0. The summed E-state index contributed by atoms with van der Waals surface area (Å²) in [6, 6.07) is 29.8. The van der Waals surface area contributed by atoms with Crippen LogP contribution in [0.5, 0.6) is 0 Å². The normalized spacial score (nSPS) is 16.0. The summed E-state index contributed by atoms with van der Waals surface area (Å²) in [5, 5.41) is -0.0986. The molecule has 0 spiro atoms. The summed E-state index contributed by atoms with van der Waals surface area (Å²) in [5.41, 5.74) is 5.02. The van der Waals surface area contributed by atoms with Crippen molar-refractivity contribution < 1.29 is 9.59 Å². The fourth-order valence-electron chi connectivity index (χ4n) is 5.28. The number of benzene rings is 2. The maximum absolute atomic E-state index is 13.2. The van der Waals surface area contributed by atoms with Crippen molar-refractivity contribution in [2.75, 3.05) is 0 Å². The van der Waals surface area contributed by atoms with Gasteiger partial charge >= 0.3 is 0 Å². The minimum absolute atomic E-state index is 0.0462. The van der Waals surface area contributed by atoms with Crippen molar-refractivity contribution in [1.82, 2.24) is 0 Å². The molecule has 6 heterocycles. The van der Waals surface area contributed by atoms with Crippen LogP contribution >= 0.6 is 68.9 Å². The van der Waals surface area contributed by atoms with Gasteiger partial charge in [0.05, 0.1) is 0 Å². The van der Waals surface area contributed by atoms with Crippen LogP contribution in [0.25, 0.3) is 50.8 Å². The van der Waals surface area contributed by atoms with Gasteiger partial charge in [0.1, 0.15) is 0 Å². The number of fused-ring (bicyclic) bond motifs is 2. The molecule has 2 aromatic carbocycles. The zero-order chi connectivity index (χ0) is 28.5. The van der Waals surface area contributed by atoms with E-state index in [0.717, 1.165) is 36.9 Å². The van der Waals surface area contributed by atoms with Gasteiger partial charge in [-0.05, 0) is 109 Å². The Morgan fingerprint density at radius 2 is 0.905 bits per heavy atom. The van der Waals surface area contributed by atoms with Crippen molar-refractivity contribution in [3.63, 3.8) is 0 Å². The van der Waals surface area contributed by atoms with Gasteiger partial charge in [-0.3, -0.25) is 9.59 Å². The maximum atomic E-state index is 13.2. The van der Waals surface area contributed by atoms with Gasteiger partial charge in [-0.2, -0.15) is 0 Å². The number of rotatable bonds is 4. The molecular formula is C34H20O2S6. The Bertz CT molecular complexity index is 2110. The monoisotopic (exact) mass is 652 g/mol. The summed E-state index contributed by atoms with van der Waals surface area (Å²) in [5.74, 6) is 0. The third-order valence-electron chi connectivity index (χ3n) is 7.29. The first-order valence-electron chi connectivity index (χ1n) is 13.2. The summed E-state index contributed by atoms with van der Waals surface area (Å²) in [4.78, 5) is 38.3. The third kappa shape index (κ3) is 4.53. The molecule has 4 aromatic heterocycles. The maximum Gasteiger partial charge on any atom is 0.225 e. The molecule has 6 aromatic rings. The topological polar surface area (TPSA) is 34.1 Å². The van der Waals surface area contributed by atoms with Gasteiger partial charge < -0.3 is 0 Å². The lowest BCUT2D eigenvalue weighted by Gasteiger charge is -2.06. The molecular weight excluding hydrogens is 633 g/mol. The Hall–Kier alpha value is -2.98. The third-order valence-corrected chi connectivity index (χ3v) is 14.1. The molecule has 204 valence electrons. The molecule has 2 aliphatic rings. The Kier molecular flexibility index (Phi) is 6.55. The van der Waals surface area contributed by atoms with Crippen LogP contribution < -0.4 is 0 Å². The summed E-state index contributed by atoms with van der Waals surface area (Å²) < 4.78 is 0. The quantitative estimate of drug-likeness (QED) is 0.178. The zero-order valence-electron chi connectivity index (χ0n) is 22.3. The molecule has 0 aliphatic carbocycles. The number of carbonyl (C=O) groups is 2. The Morgan fingerprint density at radius 3 is 1.45 bits per heavy atom. The van der Waals surface area contributed by atoms with Crippen LogP contribution in [-0.2, 0) is 9.59 Å². The van der Waals surface area contributed by atoms with E-state index >= 15 is 0 Å². The van der Waals surface area contributed by atoms with E-state index in [0.29, 0.717) is 11.1 Å². The van der Waals surface area contributed by atoms with E-state index in [1.165, 1.54) is 57.7 Å². The number of carbonyl (C=O) groups excluding carboxylic acids is 2. The molecule has 0 bridgehead atoms. The highest BCUT2D eigenvalue weighted by Crippen LogP contribution is 2.51. The largest absolute Gasteiger partial charge is 0.281 e. The van der Waals surface area contributed by atoms with Crippen LogP contribution in [0.1, 0.15) is 21.6 Å². The summed E-state index contributed by atoms with van der Waals surface area (Å²) in [6.45, 7) is 4.17. The minimum Gasteiger partial charge on any atom is -0.281 e. The van der Waals surface area contributed by atoms with E-state index in [2.05, 4.69) is 67.6 Å². The van der Waals surface area contributed by atoms with Gasteiger partial charge in [0, 0.05) is 71.1 Å². The lowest BCUT2D eigenvalue weighted by molar-refractivity contribution is -0.107. The van der Waals surface area contributed by atoms with Crippen molar-refractivity contribution in [3.8, 4) is 39.7 Å². The van der Waals surface area contributed by atoms with E-state index < -0.39 is 0 Å². The van der Waals surface area contributed by atoms with Crippen molar-refractivity contribution in [1.29, 1.82) is 0 Å². The van der Waals surface area contributed by atoms with Crippen LogP contribution in [0.4, 0.5) is 0 Å². The highest BCUT2D eigenvalue weighted by atomic mass is 32.2. The van der Waals surface area contributed by atoms with Crippen LogP contribution in [0.3, 0.4) is 0 Å². The van der Waals surface area contributed by atoms with Gasteiger partial charge in [-0.1, -0.05) is 24.3 Å². The number of thioether (sulfide) groups is 2. The first kappa shape index (κ1) is 26.6. The molecule has 0 radical (unpaired) electrons. The average molecular weight is 653 g/mol. The van der Waals surface area contributed by atoms with Crippen LogP contribution in [0.15, 0.2) is 94.7 Å². The molecule has 0 saturated heterocycles. The Balaban J connectivity index is 1.08. The van der Waals surface area contributed by atoms with Crippen molar-refractivity contribution in [2.24, 2.45) is 0 Å². The van der Waals surface area contributed by atoms with E-state index in [4.69, 9.17) is 0 Å². The zero-order valence-corrected chi connectivity index (χ0v) is 27.2. The van der Waals surface area contributed by atoms with Gasteiger partial charge in [-0.25, -0.2) is 0 Å². The summed E-state index contributed by atoms with van der Waals surface area (Å²) in [7, 11) is 0. The molecule has 0 saturated carbocycles. The number of hydrogen-bond donors (Lipinski definition) is 0. The fraction of sp³-hybridized carbons (Fsp3) is 0.0588. The van der Waals surface area contributed by atoms with Crippen molar-refractivity contribution >= 4 is 90.2 Å². The Morgan fingerprint density at radius 1 is 0.452 bits per heavy atom. The van der Waals surface area contributed by atoms with E-state index in [9.17, 15) is 9.59 Å². The van der Waals surface area contributed by atoms with Crippen LogP contribution in [-0.4, -0.2) is 10.2 Å². The van der Waals surface area contributed by atoms with E-state index in [1.807, 2.05) is 65.2 Å². The van der Waals surface area contributed by atoms with Gasteiger partial charge in [-0.15, -0.1) is 45.3 Å². The molecule has 0 amide bonds. The SMILES string of the molecule is Cc1ccc2c(c1)SC(=O)/C2=C1/C(=O)Sc2cc(-c3ccc(-c4ccc(-c5ccc(-c6ccc(C)s6)s5)s4)s3)ccc21. The van der Waals surface area contributed by atoms with Gasteiger partial charge in [0.25, 0.3) is 0 Å². The van der Waals surface area contributed by atoms with Crippen LogP contribution in [0.2, 0.25) is 0 Å². The number of thiophene rings is 4. The minimum atomic E-state index is -0.0524. The fourth-order valence-corrected chi connectivity index (χ4v) is 11.5. The second-order valence-electron chi connectivity index (χ2n) is 10.1. The first-order chi connectivity index (χ1) is 20.4. The van der Waals surface area contributed by atoms with Crippen molar-refractivity contribution in [2.45, 2.75) is 23.6 Å². The standard InChI is InChI=1S/C34H20O2S6/c1-17-3-6-20-29(15-17)41-33(35)31(20)32-21-7-5-19(16-30(21)42-34(32)36)22-9-10-25(38-22)26-13-14-28(40-26)27-12-11-24(39-27)23-8-4-18(2)37-23/h3-16H,1-2H3/b32-31+. The number of aryl methyl sites for hydroxylation is 2. The Labute approximate surface area is 267 Å². The highest BCUT2D eigenvalue weighted by molar-refractivity contribution is 8.16. The molecule has 0 fully saturated rings. The van der Waals surface area contributed by atoms with Crippen LogP contribution in [0, 0.1) is 13.8 Å². The molecule has 8 rings (SSSR count). The smallest absolute Gasteiger partial charge is 0.225 e. The second-order valence-corrected chi connectivity index (χ2v) is 16.7. The second kappa shape index (κ2) is 10.3. The van der Waals surface area contributed by atoms with E-state index in [-0.39, 0.29) is 10.2 Å². The molecule has 2 nitrogen and oxygen atoms in total. The molecule has 0 N–H and O–H groups in total. The van der Waals surface area contributed by atoms with Gasteiger partial charge in [0.2, 0.25) is 10.2 Å². The highest BCUT2D eigenvalue weighted by Gasteiger charge is 2.36. The predicted molar refractivity (Wildman–Crippen MR) is 184 cm³/mol. The molecule has 2 aliphatic heterocycles. The van der Waals surface area contributed by atoms with Crippen molar-refractivity contribution in [3.05, 3.63) is 106 Å². The molecule has 42 heavy (non-hydrogen) atoms. The first-order valence-corrected chi connectivity index (χ1v) is 18.1. The lowest BCUT2D eigenvalue weighted by Crippen LogP contribution is -1.99. The number of hydrogen-bond acceptors (Lipinski definition) is 8. The van der Waals surface area contributed by atoms with E-state index in [1.54, 1.807) is 11.3 Å². The molecule has 0 unspecified atom stereocenters. The van der Waals surface area contributed by atoms with Gasteiger partial charge in [0.15, 0.2) is 0 Å². The predicted octanol–water partition coefficient (Wildman–Crippen LogP) is 11.4. The average Bonchev–Trinajstić information content (AvgIpc) is 3.80. The summed E-state index contributed by atoms with van der Waals surface area (Å²) >= 11 is 9.74. The molecule has 8 heteroatoms. The lowest BCUT2D eigenvalue weighted by atomic mass is 9.95. The molecule has 0 atom stereocenters.